The van der Waals surface area contributed by atoms with Gasteiger partial charge in [-0.1, -0.05) is 6.07 Å². The number of anilines is 3. The average molecular weight is 292 g/mol. The fraction of sp³-hybridized carbons (Fsp3) is 0.0588. The third-order valence-electron chi connectivity index (χ3n) is 3.18. The second kappa shape index (κ2) is 6.13. The summed E-state index contributed by atoms with van der Waals surface area (Å²) >= 11 is 0. The van der Waals surface area contributed by atoms with Crippen LogP contribution in [0, 0.1) is 0 Å². The van der Waals surface area contributed by atoms with E-state index in [1.54, 1.807) is 13.3 Å². The summed E-state index contributed by atoms with van der Waals surface area (Å²) in [6, 6.07) is 17.1. The molecule has 0 atom stereocenters. The number of aromatic nitrogens is 2. The van der Waals surface area contributed by atoms with E-state index in [1.165, 1.54) is 0 Å². The molecular formula is C17H16N4O. The Morgan fingerprint density at radius 3 is 2.59 bits per heavy atom. The zero-order valence-corrected chi connectivity index (χ0v) is 12.2. The van der Waals surface area contributed by atoms with Crippen LogP contribution in [0.2, 0.25) is 0 Å². The molecule has 0 saturated heterocycles. The Balaban J connectivity index is 1.85. The third kappa shape index (κ3) is 3.15. The zero-order chi connectivity index (χ0) is 15.4. The van der Waals surface area contributed by atoms with Gasteiger partial charge in [0.1, 0.15) is 5.75 Å². The van der Waals surface area contributed by atoms with E-state index in [-0.39, 0.29) is 0 Å². The van der Waals surface area contributed by atoms with E-state index in [2.05, 4.69) is 15.3 Å². The van der Waals surface area contributed by atoms with Crippen molar-refractivity contribution in [2.45, 2.75) is 0 Å². The molecule has 0 fully saturated rings. The van der Waals surface area contributed by atoms with Crippen LogP contribution in [-0.2, 0) is 0 Å². The Kier molecular flexibility index (Phi) is 3.87. The standard InChI is InChI=1S/C17H16N4O/c1-22-15-7-5-12(6-8-15)16-9-10-19-17(21-16)20-14-4-2-3-13(18)11-14/h2-11H,18H2,1H3,(H,19,20,21). The van der Waals surface area contributed by atoms with E-state index in [4.69, 9.17) is 10.5 Å². The minimum Gasteiger partial charge on any atom is -0.497 e. The van der Waals surface area contributed by atoms with E-state index in [9.17, 15) is 0 Å². The number of nitrogen functional groups attached to an aromatic ring is 1. The molecule has 22 heavy (non-hydrogen) atoms. The van der Waals surface area contributed by atoms with Gasteiger partial charge in [-0.05, 0) is 48.5 Å². The Morgan fingerprint density at radius 2 is 1.86 bits per heavy atom. The summed E-state index contributed by atoms with van der Waals surface area (Å²) in [5.41, 5.74) is 9.15. The van der Waals surface area contributed by atoms with Gasteiger partial charge in [0, 0.05) is 23.1 Å². The highest BCUT2D eigenvalue weighted by atomic mass is 16.5. The molecule has 5 nitrogen and oxygen atoms in total. The number of ether oxygens (including phenoxy) is 1. The Morgan fingerprint density at radius 1 is 1.05 bits per heavy atom. The highest BCUT2D eigenvalue weighted by Crippen LogP contribution is 2.22. The van der Waals surface area contributed by atoms with Gasteiger partial charge in [0.25, 0.3) is 0 Å². The topological polar surface area (TPSA) is 73.1 Å². The van der Waals surface area contributed by atoms with Gasteiger partial charge in [-0.2, -0.15) is 0 Å². The summed E-state index contributed by atoms with van der Waals surface area (Å²) in [5, 5.41) is 3.15. The molecule has 5 heteroatoms. The number of rotatable bonds is 4. The van der Waals surface area contributed by atoms with Gasteiger partial charge in [0.15, 0.2) is 0 Å². The Hall–Kier alpha value is -3.08. The predicted octanol–water partition coefficient (Wildman–Crippen LogP) is 3.48. The highest BCUT2D eigenvalue weighted by molar-refractivity contribution is 5.64. The van der Waals surface area contributed by atoms with Crippen molar-refractivity contribution >= 4 is 17.3 Å². The smallest absolute Gasteiger partial charge is 0.227 e. The maximum atomic E-state index is 5.77. The molecule has 3 aromatic rings. The monoisotopic (exact) mass is 292 g/mol. The molecular weight excluding hydrogens is 276 g/mol. The SMILES string of the molecule is COc1ccc(-c2ccnc(Nc3cccc(N)c3)n2)cc1. The Labute approximate surface area is 128 Å². The van der Waals surface area contributed by atoms with Crippen LogP contribution in [-0.4, -0.2) is 17.1 Å². The van der Waals surface area contributed by atoms with Crippen LogP contribution in [0.25, 0.3) is 11.3 Å². The number of hydrogen-bond donors (Lipinski definition) is 2. The second-order valence-electron chi connectivity index (χ2n) is 4.74. The van der Waals surface area contributed by atoms with Crippen molar-refractivity contribution in [2.24, 2.45) is 0 Å². The fourth-order valence-electron chi connectivity index (χ4n) is 2.09. The molecule has 2 aromatic carbocycles. The minimum atomic E-state index is 0.527. The molecule has 0 saturated carbocycles. The maximum absolute atomic E-state index is 5.77. The second-order valence-corrected chi connectivity index (χ2v) is 4.74. The number of nitrogens with one attached hydrogen (secondary N) is 1. The van der Waals surface area contributed by atoms with Crippen LogP contribution in [0.5, 0.6) is 5.75 Å². The van der Waals surface area contributed by atoms with E-state index in [0.29, 0.717) is 11.6 Å². The van der Waals surface area contributed by atoms with Crippen molar-refractivity contribution in [3.8, 4) is 17.0 Å². The highest BCUT2D eigenvalue weighted by Gasteiger charge is 2.03. The first-order valence-corrected chi connectivity index (χ1v) is 6.84. The van der Waals surface area contributed by atoms with Gasteiger partial charge in [0.2, 0.25) is 5.95 Å². The molecule has 1 aromatic heterocycles. The van der Waals surface area contributed by atoms with E-state index < -0.39 is 0 Å². The van der Waals surface area contributed by atoms with E-state index in [1.807, 2.05) is 54.6 Å². The lowest BCUT2D eigenvalue weighted by atomic mass is 10.1. The van der Waals surface area contributed by atoms with E-state index >= 15 is 0 Å². The van der Waals surface area contributed by atoms with Crippen LogP contribution >= 0.6 is 0 Å². The van der Waals surface area contributed by atoms with Crippen LogP contribution in [0.15, 0.2) is 60.8 Å². The quantitative estimate of drug-likeness (QED) is 0.720. The van der Waals surface area contributed by atoms with Crippen molar-refractivity contribution < 1.29 is 4.74 Å². The zero-order valence-electron chi connectivity index (χ0n) is 12.2. The fourth-order valence-corrected chi connectivity index (χ4v) is 2.09. The summed E-state index contributed by atoms with van der Waals surface area (Å²) < 4.78 is 5.16. The average Bonchev–Trinajstić information content (AvgIpc) is 2.55. The van der Waals surface area contributed by atoms with Crippen LogP contribution < -0.4 is 15.8 Å². The van der Waals surface area contributed by atoms with Crippen molar-refractivity contribution in [3.63, 3.8) is 0 Å². The summed E-state index contributed by atoms with van der Waals surface area (Å²) in [5.74, 6) is 1.34. The third-order valence-corrected chi connectivity index (χ3v) is 3.18. The van der Waals surface area contributed by atoms with Gasteiger partial charge in [0.05, 0.1) is 12.8 Å². The molecule has 0 unspecified atom stereocenters. The number of benzene rings is 2. The van der Waals surface area contributed by atoms with Crippen LogP contribution in [0.4, 0.5) is 17.3 Å². The van der Waals surface area contributed by atoms with Crippen LogP contribution in [0.1, 0.15) is 0 Å². The summed E-state index contributed by atoms with van der Waals surface area (Å²) in [7, 11) is 1.65. The summed E-state index contributed by atoms with van der Waals surface area (Å²) in [4.78, 5) is 8.76. The van der Waals surface area contributed by atoms with Crippen molar-refractivity contribution in [3.05, 3.63) is 60.8 Å². The summed E-state index contributed by atoms with van der Waals surface area (Å²) in [6.07, 6.45) is 1.72. The van der Waals surface area contributed by atoms with Gasteiger partial charge in [-0.25, -0.2) is 9.97 Å². The number of nitrogens with zero attached hydrogens (tertiary/aromatic N) is 2. The first-order valence-electron chi connectivity index (χ1n) is 6.84. The predicted molar refractivity (Wildman–Crippen MR) is 88.2 cm³/mol. The number of methoxy groups -OCH3 is 1. The van der Waals surface area contributed by atoms with Gasteiger partial charge >= 0.3 is 0 Å². The normalized spacial score (nSPS) is 10.2. The van der Waals surface area contributed by atoms with Crippen molar-refractivity contribution in [2.75, 3.05) is 18.2 Å². The van der Waals surface area contributed by atoms with Crippen molar-refractivity contribution in [1.29, 1.82) is 0 Å². The lowest BCUT2D eigenvalue weighted by Gasteiger charge is -2.07. The molecule has 0 aliphatic heterocycles. The van der Waals surface area contributed by atoms with E-state index in [0.717, 1.165) is 22.7 Å². The number of hydrogen-bond acceptors (Lipinski definition) is 5. The van der Waals surface area contributed by atoms with Gasteiger partial charge < -0.3 is 15.8 Å². The molecule has 3 rings (SSSR count). The van der Waals surface area contributed by atoms with Gasteiger partial charge in [-0.3, -0.25) is 0 Å². The molecule has 0 aliphatic rings. The largest absolute Gasteiger partial charge is 0.497 e. The maximum Gasteiger partial charge on any atom is 0.227 e. The van der Waals surface area contributed by atoms with Gasteiger partial charge in [-0.15, -0.1) is 0 Å². The molecule has 0 bridgehead atoms. The first kappa shape index (κ1) is 13.9. The lowest BCUT2D eigenvalue weighted by Crippen LogP contribution is -1.98. The van der Waals surface area contributed by atoms with Crippen molar-refractivity contribution in [1.82, 2.24) is 9.97 Å². The molecule has 0 radical (unpaired) electrons. The first-order chi connectivity index (χ1) is 10.7. The minimum absolute atomic E-state index is 0.527. The summed E-state index contributed by atoms with van der Waals surface area (Å²) in [6.45, 7) is 0. The number of nitrogens with two attached hydrogens (primary N) is 1. The van der Waals surface area contributed by atoms with Crippen LogP contribution in [0.3, 0.4) is 0 Å². The molecule has 0 amide bonds. The molecule has 0 spiro atoms. The molecule has 0 aliphatic carbocycles. The lowest BCUT2D eigenvalue weighted by molar-refractivity contribution is 0.415. The Bertz CT molecular complexity index is 772. The molecule has 1 heterocycles. The molecule has 110 valence electrons. The molecule has 3 N–H and O–H groups in total.